The van der Waals surface area contributed by atoms with Crippen LogP contribution in [0, 0.1) is 0 Å². The van der Waals surface area contributed by atoms with Crippen LogP contribution in [-0.4, -0.2) is 48.2 Å². The van der Waals surface area contributed by atoms with Gasteiger partial charge in [0.1, 0.15) is 23.9 Å². The van der Waals surface area contributed by atoms with Gasteiger partial charge < -0.3 is 19.5 Å². The molecule has 0 unspecified atom stereocenters. The zero-order valence-electron chi connectivity index (χ0n) is 15.7. The number of carbonyl (C=O) groups is 1. The van der Waals surface area contributed by atoms with Gasteiger partial charge in [0.05, 0.1) is 7.11 Å². The minimum atomic E-state index is -3.75. The van der Waals surface area contributed by atoms with Crippen LogP contribution in [0.25, 0.3) is 0 Å². The van der Waals surface area contributed by atoms with Gasteiger partial charge in [0.15, 0.2) is 11.5 Å². The first kappa shape index (κ1) is 20.0. The van der Waals surface area contributed by atoms with E-state index in [1.807, 2.05) is 18.2 Å². The van der Waals surface area contributed by atoms with E-state index in [1.165, 1.54) is 32.4 Å². The van der Waals surface area contributed by atoms with E-state index < -0.39 is 10.0 Å². The lowest BCUT2D eigenvalue weighted by Crippen LogP contribution is -2.26. The smallest absolute Gasteiger partial charge is 0.251 e. The lowest BCUT2D eigenvalue weighted by Gasteiger charge is -2.18. The van der Waals surface area contributed by atoms with E-state index in [0.717, 1.165) is 11.3 Å². The van der Waals surface area contributed by atoms with Gasteiger partial charge in [-0.2, -0.15) is 0 Å². The molecule has 1 amide bonds. The van der Waals surface area contributed by atoms with E-state index in [0.29, 0.717) is 31.9 Å². The zero-order valence-corrected chi connectivity index (χ0v) is 16.5. The van der Waals surface area contributed by atoms with Crippen LogP contribution in [0.5, 0.6) is 17.2 Å². The Morgan fingerprint density at radius 2 is 1.86 bits per heavy atom. The Balaban J connectivity index is 1.66. The quantitative estimate of drug-likeness (QED) is 0.720. The van der Waals surface area contributed by atoms with Crippen molar-refractivity contribution < 1.29 is 27.4 Å². The van der Waals surface area contributed by atoms with Crippen molar-refractivity contribution >= 4 is 15.9 Å². The van der Waals surface area contributed by atoms with Gasteiger partial charge in [-0.05, 0) is 49.4 Å². The van der Waals surface area contributed by atoms with Gasteiger partial charge >= 0.3 is 0 Å². The molecule has 0 fully saturated rings. The fourth-order valence-corrected chi connectivity index (χ4v) is 3.72. The number of rotatable bonds is 7. The Labute approximate surface area is 163 Å². The SMILES string of the molecule is CNS(=O)(=O)c1cc(C(=O)NCCc2ccc3c(c2)OCCO3)ccc1OC. The predicted molar refractivity (Wildman–Crippen MR) is 103 cm³/mol. The number of methoxy groups -OCH3 is 1. The molecular weight excluding hydrogens is 384 g/mol. The number of amides is 1. The van der Waals surface area contributed by atoms with Crippen LogP contribution >= 0.6 is 0 Å². The standard InChI is InChI=1S/C19H22N2O6S/c1-20-28(23,24)18-12-14(4-6-16(18)25-2)19(22)21-8-7-13-3-5-15-17(11-13)27-10-9-26-15/h3-6,11-12,20H,7-10H2,1-2H3,(H,21,22). The van der Waals surface area contributed by atoms with E-state index >= 15 is 0 Å². The Morgan fingerprint density at radius 1 is 1.11 bits per heavy atom. The molecule has 2 N–H and O–H groups in total. The molecule has 1 aliphatic heterocycles. The number of benzene rings is 2. The van der Waals surface area contributed by atoms with Crippen LogP contribution in [0.4, 0.5) is 0 Å². The van der Waals surface area contributed by atoms with Gasteiger partial charge in [0, 0.05) is 12.1 Å². The van der Waals surface area contributed by atoms with E-state index in [2.05, 4.69) is 10.0 Å². The Bertz CT molecular complexity index is 974. The Morgan fingerprint density at radius 3 is 2.57 bits per heavy atom. The van der Waals surface area contributed by atoms with Crippen molar-refractivity contribution in [2.75, 3.05) is 33.9 Å². The van der Waals surface area contributed by atoms with E-state index in [4.69, 9.17) is 14.2 Å². The summed E-state index contributed by atoms with van der Waals surface area (Å²) in [6.45, 7) is 1.44. The van der Waals surface area contributed by atoms with Crippen molar-refractivity contribution in [2.45, 2.75) is 11.3 Å². The average Bonchev–Trinajstić information content (AvgIpc) is 2.73. The third-order valence-electron chi connectivity index (χ3n) is 4.29. The summed E-state index contributed by atoms with van der Waals surface area (Å²) in [5, 5.41) is 2.79. The van der Waals surface area contributed by atoms with Crippen LogP contribution < -0.4 is 24.2 Å². The molecular formula is C19H22N2O6S. The maximum atomic E-state index is 12.4. The van der Waals surface area contributed by atoms with E-state index in [1.54, 1.807) is 0 Å². The van der Waals surface area contributed by atoms with Crippen molar-refractivity contribution in [3.05, 3.63) is 47.5 Å². The molecule has 0 atom stereocenters. The molecule has 0 bridgehead atoms. The first-order valence-corrected chi connectivity index (χ1v) is 10.2. The first-order chi connectivity index (χ1) is 13.4. The number of hydrogen-bond acceptors (Lipinski definition) is 6. The predicted octanol–water partition coefficient (Wildman–Crippen LogP) is 1.35. The number of sulfonamides is 1. The molecule has 0 saturated carbocycles. The van der Waals surface area contributed by atoms with Gasteiger partial charge in [0.25, 0.3) is 5.91 Å². The van der Waals surface area contributed by atoms with Crippen LogP contribution in [0.2, 0.25) is 0 Å². The topological polar surface area (TPSA) is 103 Å². The monoisotopic (exact) mass is 406 g/mol. The van der Waals surface area contributed by atoms with Crippen molar-refractivity contribution in [1.29, 1.82) is 0 Å². The van der Waals surface area contributed by atoms with Crippen LogP contribution in [0.15, 0.2) is 41.3 Å². The zero-order chi connectivity index (χ0) is 20.1. The second-order valence-electron chi connectivity index (χ2n) is 6.06. The van der Waals surface area contributed by atoms with E-state index in [-0.39, 0.29) is 22.1 Å². The minimum Gasteiger partial charge on any atom is -0.495 e. The summed E-state index contributed by atoms with van der Waals surface area (Å²) < 4.78 is 42.6. The highest BCUT2D eigenvalue weighted by Crippen LogP contribution is 2.30. The molecule has 9 heteroatoms. The lowest BCUT2D eigenvalue weighted by molar-refractivity contribution is 0.0954. The van der Waals surface area contributed by atoms with Crippen molar-refractivity contribution in [1.82, 2.24) is 10.0 Å². The molecule has 0 radical (unpaired) electrons. The average molecular weight is 406 g/mol. The summed E-state index contributed by atoms with van der Waals surface area (Å²) in [4.78, 5) is 12.3. The summed E-state index contributed by atoms with van der Waals surface area (Å²) in [6, 6.07) is 9.94. The van der Waals surface area contributed by atoms with Crippen LogP contribution in [0.3, 0.4) is 0 Å². The van der Waals surface area contributed by atoms with Crippen LogP contribution in [-0.2, 0) is 16.4 Å². The van der Waals surface area contributed by atoms with Crippen molar-refractivity contribution in [3.63, 3.8) is 0 Å². The summed E-state index contributed by atoms with van der Waals surface area (Å²) in [5.41, 5.74) is 1.23. The second kappa shape index (κ2) is 8.49. The largest absolute Gasteiger partial charge is 0.495 e. The summed E-state index contributed by atoms with van der Waals surface area (Å²) in [6.07, 6.45) is 0.597. The number of nitrogens with one attached hydrogen (secondary N) is 2. The summed E-state index contributed by atoms with van der Waals surface area (Å²) in [7, 11) is -1.08. The number of ether oxygens (including phenoxy) is 3. The molecule has 1 heterocycles. The van der Waals surface area contributed by atoms with Gasteiger partial charge in [-0.25, -0.2) is 13.1 Å². The highest BCUT2D eigenvalue weighted by Gasteiger charge is 2.20. The molecule has 0 saturated heterocycles. The number of carbonyl (C=O) groups excluding carboxylic acids is 1. The fraction of sp³-hybridized carbons (Fsp3) is 0.316. The maximum absolute atomic E-state index is 12.4. The maximum Gasteiger partial charge on any atom is 0.251 e. The highest BCUT2D eigenvalue weighted by molar-refractivity contribution is 7.89. The number of fused-ring (bicyclic) bond motifs is 1. The van der Waals surface area contributed by atoms with Crippen molar-refractivity contribution in [3.8, 4) is 17.2 Å². The molecule has 150 valence electrons. The van der Waals surface area contributed by atoms with Crippen molar-refractivity contribution in [2.24, 2.45) is 0 Å². The van der Waals surface area contributed by atoms with Gasteiger partial charge in [-0.15, -0.1) is 0 Å². The molecule has 0 aliphatic carbocycles. The van der Waals surface area contributed by atoms with Gasteiger partial charge in [-0.3, -0.25) is 4.79 Å². The number of hydrogen-bond donors (Lipinski definition) is 2. The third-order valence-corrected chi connectivity index (χ3v) is 5.73. The molecule has 2 aromatic carbocycles. The van der Waals surface area contributed by atoms with E-state index in [9.17, 15) is 13.2 Å². The highest BCUT2D eigenvalue weighted by atomic mass is 32.2. The first-order valence-electron chi connectivity index (χ1n) is 8.73. The minimum absolute atomic E-state index is 0.0861. The molecule has 0 aromatic heterocycles. The second-order valence-corrected chi connectivity index (χ2v) is 7.91. The fourth-order valence-electron chi connectivity index (χ4n) is 2.80. The molecule has 0 spiro atoms. The Hall–Kier alpha value is -2.78. The lowest BCUT2D eigenvalue weighted by atomic mass is 10.1. The molecule has 8 nitrogen and oxygen atoms in total. The molecule has 1 aliphatic rings. The Kier molecular flexibility index (Phi) is 6.05. The van der Waals surface area contributed by atoms with Gasteiger partial charge in [0.2, 0.25) is 10.0 Å². The van der Waals surface area contributed by atoms with Crippen LogP contribution in [0.1, 0.15) is 15.9 Å². The third kappa shape index (κ3) is 4.37. The summed E-state index contributed by atoms with van der Waals surface area (Å²) in [5.74, 6) is 1.22. The molecule has 2 aromatic rings. The molecule has 3 rings (SSSR count). The summed E-state index contributed by atoms with van der Waals surface area (Å²) >= 11 is 0. The van der Waals surface area contributed by atoms with Gasteiger partial charge in [-0.1, -0.05) is 6.07 Å². The normalized spacial score (nSPS) is 13.1. The molecule has 28 heavy (non-hydrogen) atoms.